The maximum atomic E-state index is 11.2. The normalized spacial score (nSPS) is 10.4. The molecule has 20 heavy (non-hydrogen) atoms. The standard InChI is InChI=1S/C15H18N2O3/c1-11-4-5-12(2)17(11)13-6-8-14(9-7-13)20-10-15(18)16(3)19/h4-9,19H,10H2,1-3H3. The van der Waals surface area contributed by atoms with Crippen molar-refractivity contribution in [3.63, 3.8) is 0 Å². The molecule has 5 nitrogen and oxygen atoms in total. The number of benzene rings is 1. The number of aryl methyl sites for hydroxylation is 2. The minimum atomic E-state index is -0.494. The third-order valence-corrected chi connectivity index (χ3v) is 3.09. The van der Waals surface area contributed by atoms with Crippen LogP contribution < -0.4 is 4.74 Å². The highest BCUT2D eigenvalue weighted by Gasteiger charge is 2.07. The van der Waals surface area contributed by atoms with Gasteiger partial charge in [0, 0.05) is 24.1 Å². The molecule has 1 aromatic carbocycles. The van der Waals surface area contributed by atoms with Crippen molar-refractivity contribution >= 4 is 5.91 Å². The molecule has 0 spiro atoms. The minimum absolute atomic E-state index is 0.187. The Kier molecular flexibility index (Phi) is 4.10. The largest absolute Gasteiger partial charge is 0.484 e. The van der Waals surface area contributed by atoms with Crippen LogP contribution in [0.1, 0.15) is 11.4 Å². The maximum Gasteiger partial charge on any atom is 0.283 e. The second-order valence-electron chi connectivity index (χ2n) is 4.65. The van der Waals surface area contributed by atoms with Crippen LogP contribution in [0.4, 0.5) is 0 Å². The van der Waals surface area contributed by atoms with Gasteiger partial charge >= 0.3 is 0 Å². The molecule has 1 aromatic heterocycles. The van der Waals surface area contributed by atoms with Gasteiger partial charge in [-0.2, -0.15) is 0 Å². The van der Waals surface area contributed by atoms with Gasteiger partial charge in [0.25, 0.3) is 5.91 Å². The minimum Gasteiger partial charge on any atom is -0.484 e. The van der Waals surface area contributed by atoms with Crippen molar-refractivity contribution in [2.75, 3.05) is 13.7 Å². The SMILES string of the molecule is Cc1ccc(C)n1-c1ccc(OCC(=O)N(C)O)cc1. The number of rotatable bonds is 4. The number of carbonyl (C=O) groups excluding carboxylic acids is 1. The number of carbonyl (C=O) groups is 1. The highest BCUT2D eigenvalue weighted by molar-refractivity contribution is 5.76. The van der Waals surface area contributed by atoms with Crippen molar-refractivity contribution in [1.29, 1.82) is 0 Å². The lowest BCUT2D eigenvalue weighted by Crippen LogP contribution is -2.28. The summed E-state index contributed by atoms with van der Waals surface area (Å²) in [6.45, 7) is 3.91. The Balaban J connectivity index is 2.09. The monoisotopic (exact) mass is 274 g/mol. The Morgan fingerprint density at radius 3 is 2.20 bits per heavy atom. The first kappa shape index (κ1) is 14.1. The van der Waals surface area contributed by atoms with Gasteiger partial charge in [0.15, 0.2) is 6.61 Å². The molecule has 0 unspecified atom stereocenters. The Bertz CT molecular complexity index is 581. The van der Waals surface area contributed by atoms with E-state index in [1.165, 1.54) is 7.05 Å². The van der Waals surface area contributed by atoms with Gasteiger partial charge < -0.3 is 9.30 Å². The van der Waals surface area contributed by atoms with Crippen molar-refractivity contribution in [2.45, 2.75) is 13.8 Å². The van der Waals surface area contributed by atoms with E-state index in [4.69, 9.17) is 9.94 Å². The van der Waals surface area contributed by atoms with E-state index in [9.17, 15) is 4.79 Å². The molecule has 106 valence electrons. The predicted molar refractivity (Wildman–Crippen MR) is 75.3 cm³/mol. The smallest absolute Gasteiger partial charge is 0.283 e. The average molecular weight is 274 g/mol. The van der Waals surface area contributed by atoms with E-state index in [0.29, 0.717) is 10.8 Å². The number of aromatic nitrogens is 1. The summed E-state index contributed by atoms with van der Waals surface area (Å²) in [5.41, 5.74) is 3.37. The van der Waals surface area contributed by atoms with Crippen molar-refractivity contribution in [3.8, 4) is 11.4 Å². The summed E-state index contributed by atoms with van der Waals surface area (Å²) in [7, 11) is 1.27. The van der Waals surface area contributed by atoms with Gasteiger partial charge in [0.2, 0.25) is 0 Å². The zero-order chi connectivity index (χ0) is 14.7. The van der Waals surface area contributed by atoms with Crippen LogP contribution in [0.15, 0.2) is 36.4 Å². The molecule has 2 rings (SSSR count). The van der Waals surface area contributed by atoms with Crippen molar-refractivity contribution < 1.29 is 14.7 Å². The number of hydrogen-bond acceptors (Lipinski definition) is 3. The summed E-state index contributed by atoms with van der Waals surface area (Å²) in [6.07, 6.45) is 0. The number of ether oxygens (including phenoxy) is 1. The average Bonchev–Trinajstić information content (AvgIpc) is 2.76. The molecule has 2 aromatic rings. The van der Waals surface area contributed by atoms with Gasteiger partial charge in [-0.05, 0) is 50.2 Å². The lowest BCUT2D eigenvalue weighted by Gasteiger charge is -2.12. The Hall–Kier alpha value is -2.27. The molecule has 0 fully saturated rings. The van der Waals surface area contributed by atoms with Crippen LogP contribution in [-0.2, 0) is 4.79 Å². The van der Waals surface area contributed by atoms with Crippen LogP contribution in [-0.4, -0.2) is 34.4 Å². The summed E-state index contributed by atoms with van der Waals surface area (Å²) in [5, 5.41) is 9.44. The fourth-order valence-electron chi connectivity index (χ4n) is 2.01. The predicted octanol–water partition coefficient (Wildman–Crippen LogP) is 2.32. The van der Waals surface area contributed by atoms with E-state index in [0.717, 1.165) is 17.1 Å². The van der Waals surface area contributed by atoms with Gasteiger partial charge in [-0.25, -0.2) is 5.06 Å². The molecule has 1 heterocycles. The lowest BCUT2D eigenvalue weighted by molar-refractivity contribution is -0.161. The Morgan fingerprint density at radius 2 is 1.70 bits per heavy atom. The third-order valence-electron chi connectivity index (χ3n) is 3.09. The van der Waals surface area contributed by atoms with Crippen LogP contribution in [0, 0.1) is 13.8 Å². The molecule has 5 heteroatoms. The highest BCUT2D eigenvalue weighted by atomic mass is 16.5. The molecule has 0 saturated carbocycles. The zero-order valence-electron chi connectivity index (χ0n) is 11.8. The number of likely N-dealkylation sites (N-methyl/N-ethyl adjacent to an activating group) is 1. The Morgan fingerprint density at radius 1 is 1.15 bits per heavy atom. The van der Waals surface area contributed by atoms with E-state index >= 15 is 0 Å². The first-order valence-electron chi connectivity index (χ1n) is 6.32. The van der Waals surface area contributed by atoms with E-state index in [2.05, 4.69) is 16.7 Å². The fraction of sp³-hybridized carbons (Fsp3) is 0.267. The molecule has 0 aliphatic heterocycles. The van der Waals surface area contributed by atoms with Crippen LogP contribution >= 0.6 is 0 Å². The zero-order valence-corrected chi connectivity index (χ0v) is 11.8. The van der Waals surface area contributed by atoms with Crippen LogP contribution in [0.3, 0.4) is 0 Å². The van der Waals surface area contributed by atoms with Gasteiger partial charge in [-0.15, -0.1) is 0 Å². The first-order valence-corrected chi connectivity index (χ1v) is 6.32. The second kappa shape index (κ2) is 5.79. The first-order chi connectivity index (χ1) is 9.49. The summed E-state index contributed by atoms with van der Waals surface area (Å²) >= 11 is 0. The van der Waals surface area contributed by atoms with Gasteiger partial charge in [0.05, 0.1) is 0 Å². The molecule has 0 bridgehead atoms. The van der Waals surface area contributed by atoms with E-state index in [1.807, 2.05) is 26.0 Å². The summed E-state index contributed by atoms with van der Waals surface area (Å²) in [5.74, 6) is 0.0950. The molecule has 1 amide bonds. The summed E-state index contributed by atoms with van der Waals surface area (Å²) in [4.78, 5) is 11.2. The van der Waals surface area contributed by atoms with Gasteiger partial charge in [0.1, 0.15) is 5.75 Å². The molecule has 1 N–H and O–H groups in total. The number of hydrogen-bond donors (Lipinski definition) is 1. The fourth-order valence-corrected chi connectivity index (χ4v) is 2.01. The number of amides is 1. The van der Waals surface area contributed by atoms with Crippen molar-refractivity contribution in [2.24, 2.45) is 0 Å². The molecule has 0 aliphatic carbocycles. The van der Waals surface area contributed by atoms with Crippen LogP contribution in [0.5, 0.6) is 5.75 Å². The number of hydroxylamine groups is 2. The third kappa shape index (κ3) is 3.00. The molecule has 0 aliphatic rings. The lowest BCUT2D eigenvalue weighted by atomic mass is 10.3. The van der Waals surface area contributed by atoms with Crippen molar-refractivity contribution in [3.05, 3.63) is 47.8 Å². The molecular weight excluding hydrogens is 256 g/mol. The molecule has 0 saturated heterocycles. The van der Waals surface area contributed by atoms with Gasteiger partial charge in [-0.1, -0.05) is 0 Å². The molecule has 0 radical (unpaired) electrons. The molecule has 0 atom stereocenters. The highest BCUT2D eigenvalue weighted by Crippen LogP contribution is 2.19. The quantitative estimate of drug-likeness (QED) is 0.687. The summed E-state index contributed by atoms with van der Waals surface area (Å²) in [6, 6.07) is 11.6. The van der Waals surface area contributed by atoms with Crippen LogP contribution in [0.2, 0.25) is 0 Å². The van der Waals surface area contributed by atoms with E-state index in [-0.39, 0.29) is 6.61 Å². The summed E-state index contributed by atoms with van der Waals surface area (Å²) < 4.78 is 7.44. The molecular formula is C15H18N2O3. The van der Waals surface area contributed by atoms with Crippen molar-refractivity contribution in [1.82, 2.24) is 9.63 Å². The Labute approximate surface area is 118 Å². The number of nitrogens with zero attached hydrogens (tertiary/aromatic N) is 2. The van der Waals surface area contributed by atoms with Gasteiger partial charge in [-0.3, -0.25) is 10.0 Å². The second-order valence-corrected chi connectivity index (χ2v) is 4.65. The van der Waals surface area contributed by atoms with E-state index < -0.39 is 5.91 Å². The topological polar surface area (TPSA) is 54.7 Å². The van der Waals surface area contributed by atoms with E-state index in [1.54, 1.807) is 12.1 Å². The maximum absolute atomic E-state index is 11.2. The van der Waals surface area contributed by atoms with Crippen LogP contribution in [0.25, 0.3) is 5.69 Å².